The minimum atomic E-state index is -0.117. The topological polar surface area (TPSA) is 92.8 Å². The number of nitriles is 2. The Hall–Kier alpha value is -3.38. The molecule has 6 nitrogen and oxygen atoms in total. The molecular formula is C20H19N5O. The van der Waals surface area contributed by atoms with Crippen LogP contribution in [0.4, 0.5) is 5.82 Å². The highest BCUT2D eigenvalue weighted by Crippen LogP contribution is 2.23. The molecule has 2 heterocycles. The SMILES string of the molecule is N#Cc1ccc(C(=O)NCC2CCN(c3ncccc3C#N)CC2)cc1. The van der Waals surface area contributed by atoms with Crippen LogP contribution in [0.25, 0.3) is 0 Å². The van der Waals surface area contributed by atoms with Gasteiger partial charge in [0.05, 0.1) is 17.2 Å². The number of carbonyl (C=O) groups is 1. The highest BCUT2D eigenvalue weighted by atomic mass is 16.1. The van der Waals surface area contributed by atoms with Gasteiger partial charge >= 0.3 is 0 Å². The molecule has 0 bridgehead atoms. The van der Waals surface area contributed by atoms with Crippen LogP contribution in [0.1, 0.15) is 34.3 Å². The van der Waals surface area contributed by atoms with Crippen molar-refractivity contribution in [2.24, 2.45) is 5.92 Å². The van der Waals surface area contributed by atoms with E-state index in [0.717, 1.165) is 31.7 Å². The van der Waals surface area contributed by atoms with Gasteiger partial charge in [0, 0.05) is 31.4 Å². The Bertz CT molecular complexity index is 855. The summed E-state index contributed by atoms with van der Waals surface area (Å²) in [4.78, 5) is 18.7. The number of amides is 1. The number of carbonyl (C=O) groups excluding carboxylic acids is 1. The molecule has 2 aromatic rings. The Balaban J connectivity index is 1.50. The number of rotatable bonds is 4. The fraction of sp³-hybridized carbons (Fsp3) is 0.300. The van der Waals surface area contributed by atoms with E-state index in [-0.39, 0.29) is 5.91 Å². The molecule has 26 heavy (non-hydrogen) atoms. The van der Waals surface area contributed by atoms with Crippen molar-refractivity contribution >= 4 is 11.7 Å². The number of piperidine rings is 1. The molecule has 0 aliphatic carbocycles. The lowest BCUT2D eigenvalue weighted by Gasteiger charge is -2.33. The van der Waals surface area contributed by atoms with Gasteiger partial charge in [-0.15, -0.1) is 0 Å². The normalized spacial score (nSPS) is 14.3. The second-order valence-electron chi connectivity index (χ2n) is 6.32. The lowest BCUT2D eigenvalue weighted by Crippen LogP contribution is -2.39. The third-order valence-corrected chi connectivity index (χ3v) is 4.65. The van der Waals surface area contributed by atoms with Crippen LogP contribution in [0.3, 0.4) is 0 Å². The number of anilines is 1. The molecule has 1 fully saturated rings. The van der Waals surface area contributed by atoms with Gasteiger partial charge in [0.2, 0.25) is 0 Å². The van der Waals surface area contributed by atoms with Crippen molar-refractivity contribution in [2.45, 2.75) is 12.8 Å². The summed E-state index contributed by atoms with van der Waals surface area (Å²) in [6, 6.07) is 14.4. The largest absolute Gasteiger partial charge is 0.356 e. The van der Waals surface area contributed by atoms with Gasteiger partial charge in [0.1, 0.15) is 11.9 Å². The van der Waals surface area contributed by atoms with Crippen molar-refractivity contribution in [3.05, 3.63) is 59.3 Å². The molecule has 1 N–H and O–H groups in total. The first kappa shape index (κ1) is 17.4. The standard InChI is InChI=1S/C20H19N5O/c21-12-15-3-5-17(6-4-15)20(26)24-14-16-7-10-25(11-8-16)19-18(13-22)2-1-9-23-19/h1-6,9,16H,7-8,10-11,14H2,(H,24,26). The highest BCUT2D eigenvalue weighted by Gasteiger charge is 2.22. The average molecular weight is 345 g/mol. The summed E-state index contributed by atoms with van der Waals surface area (Å²) < 4.78 is 0. The fourth-order valence-electron chi connectivity index (χ4n) is 3.12. The molecule has 1 amide bonds. The predicted molar refractivity (Wildman–Crippen MR) is 97.4 cm³/mol. The Morgan fingerprint density at radius 1 is 1.15 bits per heavy atom. The van der Waals surface area contributed by atoms with Crippen molar-refractivity contribution in [3.63, 3.8) is 0 Å². The number of benzene rings is 1. The summed E-state index contributed by atoms with van der Waals surface area (Å²) in [5, 5.41) is 21.0. The van der Waals surface area contributed by atoms with Gasteiger partial charge in [0.15, 0.2) is 0 Å². The zero-order valence-corrected chi connectivity index (χ0v) is 14.4. The lowest BCUT2D eigenvalue weighted by atomic mass is 9.96. The van der Waals surface area contributed by atoms with Crippen molar-refractivity contribution in [3.8, 4) is 12.1 Å². The van der Waals surface area contributed by atoms with Gasteiger partial charge < -0.3 is 10.2 Å². The molecule has 0 radical (unpaired) electrons. The number of nitrogens with one attached hydrogen (secondary N) is 1. The van der Waals surface area contributed by atoms with Crippen molar-refractivity contribution in [1.29, 1.82) is 10.5 Å². The van der Waals surface area contributed by atoms with Gasteiger partial charge in [0.25, 0.3) is 5.91 Å². The molecule has 0 spiro atoms. The minimum Gasteiger partial charge on any atom is -0.356 e. The van der Waals surface area contributed by atoms with E-state index in [9.17, 15) is 10.1 Å². The third-order valence-electron chi connectivity index (χ3n) is 4.65. The minimum absolute atomic E-state index is 0.117. The maximum atomic E-state index is 12.2. The van der Waals surface area contributed by atoms with Crippen LogP contribution in [-0.2, 0) is 0 Å². The Labute approximate surface area is 152 Å². The summed E-state index contributed by atoms with van der Waals surface area (Å²) in [5.41, 5.74) is 1.70. The zero-order chi connectivity index (χ0) is 18.4. The molecule has 1 aromatic heterocycles. The van der Waals surface area contributed by atoms with Crippen molar-refractivity contribution in [2.75, 3.05) is 24.5 Å². The number of pyridine rings is 1. The van der Waals surface area contributed by atoms with E-state index >= 15 is 0 Å². The summed E-state index contributed by atoms with van der Waals surface area (Å²) in [5.74, 6) is 1.03. The van der Waals surface area contributed by atoms with Gasteiger partial charge in [-0.2, -0.15) is 10.5 Å². The van der Waals surface area contributed by atoms with Crippen LogP contribution in [0, 0.1) is 28.6 Å². The van der Waals surface area contributed by atoms with Crippen LogP contribution >= 0.6 is 0 Å². The van der Waals surface area contributed by atoms with Crippen molar-refractivity contribution < 1.29 is 4.79 Å². The van der Waals surface area contributed by atoms with E-state index in [1.807, 2.05) is 6.07 Å². The fourth-order valence-corrected chi connectivity index (χ4v) is 3.12. The van der Waals surface area contributed by atoms with E-state index in [2.05, 4.69) is 21.3 Å². The van der Waals surface area contributed by atoms with Crippen LogP contribution < -0.4 is 10.2 Å². The maximum absolute atomic E-state index is 12.2. The van der Waals surface area contributed by atoms with Gasteiger partial charge in [-0.3, -0.25) is 4.79 Å². The smallest absolute Gasteiger partial charge is 0.251 e. The van der Waals surface area contributed by atoms with E-state index in [1.54, 1.807) is 42.6 Å². The van der Waals surface area contributed by atoms with Crippen LogP contribution in [-0.4, -0.2) is 30.5 Å². The van der Waals surface area contributed by atoms with Gasteiger partial charge in [-0.25, -0.2) is 4.98 Å². The third kappa shape index (κ3) is 3.99. The Kier molecular flexibility index (Phi) is 5.46. The highest BCUT2D eigenvalue weighted by molar-refractivity contribution is 5.94. The molecule has 1 aromatic carbocycles. The van der Waals surface area contributed by atoms with Gasteiger partial charge in [-0.1, -0.05) is 0 Å². The molecule has 1 aliphatic heterocycles. The van der Waals surface area contributed by atoms with E-state index in [1.165, 1.54) is 0 Å². The molecule has 0 saturated carbocycles. The summed E-state index contributed by atoms with van der Waals surface area (Å²) in [7, 11) is 0. The quantitative estimate of drug-likeness (QED) is 0.919. The molecule has 1 saturated heterocycles. The zero-order valence-electron chi connectivity index (χ0n) is 14.4. The number of nitrogens with zero attached hydrogens (tertiary/aromatic N) is 4. The number of hydrogen-bond acceptors (Lipinski definition) is 5. The molecule has 3 rings (SSSR count). The van der Waals surface area contributed by atoms with Crippen LogP contribution in [0.2, 0.25) is 0 Å². The number of aromatic nitrogens is 1. The van der Waals surface area contributed by atoms with Crippen molar-refractivity contribution in [1.82, 2.24) is 10.3 Å². The van der Waals surface area contributed by atoms with Crippen LogP contribution in [0.15, 0.2) is 42.6 Å². The molecule has 130 valence electrons. The second kappa shape index (κ2) is 8.13. The Morgan fingerprint density at radius 2 is 1.88 bits per heavy atom. The first-order chi connectivity index (χ1) is 12.7. The average Bonchev–Trinajstić information content (AvgIpc) is 2.72. The number of hydrogen-bond donors (Lipinski definition) is 1. The summed E-state index contributed by atoms with van der Waals surface area (Å²) >= 11 is 0. The first-order valence-electron chi connectivity index (χ1n) is 8.59. The monoisotopic (exact) mass is 345 g/mol. The predicted octanol–water partition coefficient (Wildman–Crippen LogP) is 2.47. The van der Waals surface area contributed by atoms with Crippen LogP contribution in [0.5, 0.6) is 0 Å². The van der Waals surface area contributed by atoms with Gasteiger partial charge in [-0.05, 0) is 55.2 Å². The van der Waals surface area contributed by atoms with E-state index < -0.39 is 0 Å². The molecular weight excluding hydrogens is 326 g/mol. The first-order valence-corrected chi connectivity index (χ1v) is 8.59. The Morgan fingerprint density at radius 3 is 2.54 bits per heavy atom. The lowest BCUT2D eigenvalue weighted by molar-refractivity contribution is 0.0945. The second-order valence-corrected chi connectivity index (χ2v) is 6.32. The molecule has 0 atom stereocenters. The maximum Gasteiger partial charge on any atom is 0.251 e. The molecule has 0 unspecified atom stereocenters. The summed E-state index contributed by atoms with van der Waals surface area (Å²) in [6.45, 7) is 2.27. The van der Waals surface area contributed by atoms with E-state index in [0.29, 0.717) is 29.2 Å². The molecule has 1 aliphatic rings. The van der Waals surface area contributed by atoms with E-state index in [4.69, 9.17) is 5.26 Å². The molecule has 6 heteroatoms. The summed E-state index contributed by atoms with van der Waals surface area (Å²) in [6.07, 6.45) is 3.59.